The van der Waals surface area contributed by atoms with Crippen molar-refractivity contribution < 1.29 is 31.9 Å². The van der Waals surface area contributed by atoms with Crippen molar-refractivity contribution >= 4 is 35.0 Å². The van der Waals surface area contributed by atoms with Gasteiger partial charge in [-0.1, -0.05) is 23.7 Å². The average Bonchev–Trinajstić information content (AvgIpc) is 3.55. The third kappa shape index (κ3) is 6.88. The predicted molar refractivity (Wildman–Crippen MR) is 159 cm³/mol. The SMILES string of the molecule is CC(=O)N1CCC(C(=O)N(CCCN2CC3CN(C(=O)c4c(F)cccc4C(F)(F)F)CC3C2)c2ccc(C)c(Cl)c2)CC1. The van der Waals surface area contributed by atoms with Gasteiger partial charge in [-0.15, -0.1) is 0 Å². The fourth-order valence-electron chi connectivity index (χ4n) is 6.80. The Morgan fingerprint density at radius 3 is 2.23 bits per heavy atom. The summed E-state index contributed by atoms with van der Waals surface area (Å²) >= 11 is 6.41. The number of piperidine rings is 1. The van der Waals surface area contributed by atoms with Crippen molar-refractivity contribution in [2.45, 2.75) is 39.3 Å². The number of fused-ring (bicyclic) bond motifs is 1. The van der Waals surface area contributed by atoms with Crippen LogP contribution in [0.2, 0.25) is 5.02 Å². The lowest BCUT2D eigenvalue weighted by Crippen LogP contribution is -2.44. The molecule has 0 spiro atoms. The van der Waals surface area contributed by atoms with E-state index in [2.05, 4.69) is 4.90 Å². The Morgan fingerprint density at radius 2 is 1.64 bits per heavy atom. The molecule has 3 aliphatic rings. The molecule has 0 aromatic heterocycles. The van der Waals surface area contributed by atoms with Gasteiger partial charge in [-0.25, -0.2) is 4.39 Å². The van der Waals surface area contributed by atoms with Crippen LogP contribution in [0.4, 0.5) is 23.2 Å². The highest BCUT2D eigenvalue weighted by atomic mass is 35.5. The molecule has 3 fully saturated rings. The molecule has 2 aromatic carbocycles. The molecule has 3 saturated heterocycles. The zero-order valence-electron chi connectivity index (χ0n) is 24.9. The average molecular weight is 637 g/mol. The molecule has 0 radical (unpaired) electrons. The number of halogens is 5. The molecule has 5 rings (SSSR count). The van der Waals surface area contributed by atoms with Gasteiger partial charge in [0.15, 0.2) is 0 Å². The Morgan fingerprint density at radius 1 is 0.977 bits per heavy atom. The van der Waals surface area contributed by atoms with Crippen molar-refractivity contribution in [3.05, 3.63) is 63.9 Å². The largest absolute Gasteiger partial charge is 0.417 e. The second-order valence-corrected chi connectivity index (χ2v) is 12.6. The van der Waals surface area contributed by atoms with Crippen molar-refractivity contribution in [3.63, 3.8) is 0 Å². The zero-order valence-corrected chi connectivity index (χ0v) is 25.6. The molecule has 2 aromatic rings. The summed E-state index contributed by atoms with van der Waals surface area (Å²) < 4.78 is 54.9. The number of hydrogen-bond acceptors (Lipinski definition) is 4. The van der Waals surface area contributed by atoms with Gasteiger partial charge in [0, 0.05) is 69.4 Å². The third-order valence-electron chi connectivity index (χ3n) is 9.26. The molecule has 2 atom stereocenters. The first-order valence-corrected chi connectivity index (χ1v) is 15.4. The van der Waals surface area contributed by atoms with E-state index in [0.717, 1.165) is 29.4 Å². The van der Waals surface area contributed by atoms with Crippen LogP contribution in [-0.4, -0.2) is 84.8 Å². The van der Waals surface area contributed by atoms with Crippen molar-refractivity contribution in [2.24, 2.45) is 17.8 Å². The van der Waals surface area contributed by atoms with E-state index >= 15 is 0 Å². The van der Waals surface area contributed by atoms with Crippen LogP contribution in [0.3, 0.4) is 0 Å². The number of rotatable bonds is 7. The van der Waals surface area contributed by atoms with E-state index in [9.17, 15) is 31.9 Å². The monoisotopic (exact) mass is 636 g/mol. The molecule has 0 saturated carbocycles. The van der Waals surface area contributed by atoms with Crippen molar-refractivity contribution in [2.75, 3.05) is 57.3 Å². The minimum absolute atomic E-state index is 0.0132. The first-order chi connectivity index (χ1) is 20.8. The number of carbonyl (C=O) groups is 3. The van der Waals surface area contributed by atoms with Gasteiger partial charge in [0.05, 0.1) is 11.1 Å². The highest BCUT2D eigenvalue weighted by molar-refractivity contribution is 6.31. The summed E-state index contributed by atoms with van der Waals surface area (Å²) in [6.07, 6.45) is -2.92. The second kappa shape index (κ2) is 13.0. The summed E-state index contributed by atoms with van der Waals surface area (Å²) in [5, 5.41) is 0.580. The number of likely N-dealkylation sites (tertiary alicyclic amines) is 3. The first-order valence-electron chi connectivity index (χ1n) is 15.0. The Bertz CT molecular complexity index is 1400. The van der Waals surface area contributed by atoms with Crippen LogP contribution in [0.25, 0.3) is 0 Å². The number of alkyl halides is 3. The van der Waals surface area contributed by atoms with Gasteiger partial charge >= 0.3 is 6.18 Å². The van der Waals surface area contributed by atoms with Crippen LogP contribution in [-0.2, 0) is 15.8 Å². The number of amides is 3. The van der Waals surface area contributed by atoms with Gasteiger partial charge in [-0.2, -0.15) is 13.2 Å². The summed E-state index contributed by atoms with van der Waals surface area (Å²) in [5.74, 6) is -2.07. The molecule has 3 heterocycles. The van der Waals surface area contributed by atoms with E-state index in [1.807, 2.05) is 25.1 Å². The maximum absolute atomic E-state index is 14.4. The van der Waals surface area contributed by atoms with Crippen LogP contribution < -0.4 is 4.90 Å². The van der Waals surface area contributed by atoms with E-state index in [1.54, 1.807) is 9.80 Å². The maximum atomic E-state index is 14.4. The molecule has 0 N–H and O–H groups in total. The minimum atomic E-state index is -4.83. The molecule has 238 valence electrons. The molecule has 3 aliphatic heterocycles. The van der Waals surface area contributed by atoms with E-state index in [-0.39, 0.29) is 42.7 Å². The molecule has 7 nitrogen and oxygen atoms in total. The van der Waals surface area contributed by atoms with Crippen molar-refractivity contribution in [3.8, 4) is 0 Å². The summed E-state index contributed by atoms with van der Waals surface area (Å²) in [7, 11) is 0. The number of hydrogen-bond donors (Lipinski definition) is 0. The molecule has 0 bridgehead atoms. The minimum Gasteiger partial charge on any atom is -0.343 e. The fraction of sp³-hybridized carbons (Fsp3) is 0.531. The third-order valence-corrected chi connectivity index (χ3v) is 9.67. The second-order valence-electron chi connectivity index (χ2n) is 12.2. The zero-order chi connectivity index (χ0) is 31.8. The Hall–Kier alpha value is -3.18. The lowest BCUT2D eigenvalue weighted by Gasteiger charge is -2.34. The van der Waals surface area contributed by atoms with Crippen LogP contribution >= 0.6 is 11.6 Å². The van der Waals surface area contributed by atoms with Crippen LogP contribution in [0.1, 0.15) is 47.7 Å². The van der Waals surface area contributed by atoms with E-state index in [0.29, 0.717) is 63.6 Å². The van der Waals surface area contributed by atoms with Crippen molar-refractivity contribution in [1.29, 1.82) is 0 Å². The van der Waals surface area contributed by atoms with Gasteiger partial charge in [0.1, 0.15) is 5.82 Å². The van der Waals surface area contributed by atoms with Crippen LogP contribution in [0, 0.1) is 30.5 Å². The van der Waals surface area contributed by atoms with Gasteiger partial charge < -0.3 is 19.6 Å². The maximum Gasteiger partial charge on any atom is 0.417 e. The molecule has 2 unspecified atom stereocenters. The van der Waals surface area contributed by atoms with Gasteiger partial charge in [-0.3, -0.25) is 14.4 Å². The molecule has 12 heteroatoms. The highest BCUT2D eigenvalue weighted by Crippen LogP contribution is 2.37. The number of nitrogens with zero attached hydrogens (tertiary/aromatic N) is 4. The first kappa shape index (κ1) is 32.2. The molecule has 3 amide bonds. The molecule has 0 aliphatic carbocycles. The predicted octanol–water partition coefficient (Wildman–Crippen LogP) is 5.49. The standard InChI is InChI=1S/C32H37ClF4N4O3/c1-20-7-8-25(15-27(20)33)41(30(43)22-9-13-39(14-10-22)21(2)42)12-4-11-38-16-23-18-40(19-24(23)17-38)31(44)29-26(32(35,36)37)5-3-6-28(29)34/h3,5-8,15,22-24H,4,9-14,16-19H2,1-2H3. The smallest absolute Gasteiger partial charge is 0.343 e. The Kier molecular flexibility index (Phi) is 9.55. The lowest BCUT2D eigenvalue weighted by molar-refractivity contribution is -0.138. The summed E-state index contributed by atoms with van der Waals surface area (Å²) in [5.41, 5.74) is -0.513. The van der Waals surface area contributed by atoms with E-state index < -0.39 is 29.0 Å². The summed E-state index contributed by atoms with van der Waals surface area (Å²) in [6, 6.07) is 8.19. The number of aryl methyl sites for hydroxylation is 1. The normalized spacial score (nSPS) is 21.1. The molecular weight excluding hydrogens is 600 g/mol. The topological polar surface area (TPSA) is 64.2 Å². The van der Waals surface area contributed by atoms with Crippen LogP contribution in [0.15, 0.2) is 36.4 Å². The quantitative estimate of drug-likeness (QED) is 0.377. The highest BCUT2D eigenvalue weighted by Gasteiger charge is 2.44. The number of carbonyl (C=O) groups excluding carboxylic acids is 3. The van der Waals surface area contributed by atoms with Gasteiger partial charge in [-0.05, 0) is 74.4 Å². The molecule has 44 heavy (non-hydrogen) atoms. The summed E-state index contributed by atoms with van der Waals surface area (Å²) in [6.45, 7) is 7.63. The molecular formula is C32H37ClF4N4O3. The fourth-order valence-corrected chi connectivity index (χ4v) is 6.98. The van der Waals surface area contributed by atoms with E-state index in [1.165, 1.54) is 11.8 Å². The Labute approximate surface area is 259 Å². The number of benzene rings is 2. The van der Waals surface area contributed by atoms with E-state index in [4.69, 9.17) is 11.6 Å². The number of anilines is 1. The van der Waals surface area contributed by atoms with Crippen molar-refractivity contribution in [1.82, 2.24) is 14.7 Å². The van der Waals surface area contributed by atoms with Gasteiger partial charge in [0.25, 0.3) is 5.91 Å². The van der Waals surface area contributed by atoms with Crippen LogP contribution in [0.5, 0.6) is 0 Å². The van der Waals surface area contributed by atoms with Gasteiger partial charge in [0.2, 0.25) is 11.8 Å². The lowest BCUT2D eigenvalue weighted by atomic mass is 9.94. The summed E-state index contributed by atoms with van der Waals surface area (Å²) in [4.78, 5) is 45.7. The Balaban J connectivity index is 1.18.